The average Bonchev–Trinajstić information content (AvgIpc) is 3.05. The van der Waals surface area contributed by atoms with Crippen LogP contribution in [-0.4, -0.2) is 28.8 Å². The maximum Gasteiger partial charge on any atom is 0.304 e. The zero-order valence-electron chi connectivity index (χ0n) is 17.3. The predicted octanol–water partition coefficient (Wildman–Crippen LogP) is 3.97. The molecule has 3 aromatic carbocycles. The highest BCUT2D eigenvalue weighted by atomic mass is 35.5. The quantitative estimate of drug-likeness (QED) is 0.613. The van der Waals surface area contributed by atoms with E-state index < -0.39 is 12.1 Å². The van der Waals surface area contributed by atoms with Crippen LogP contribution in [0.25, 0.3) is 0 Å². The minimum atomic E-state index is -0.768. The van der Waals surface area contributed by atoms with Gasteiger partial charge >= 0.3 is 5.91 Å². The van der Waals surface area contributed by atoms with Gasteiger partial charge in [0.05, 0.1) is 0 Å². The van der Waals surface area contributed by atoms with E-state index in [2.05, 4.69) is 10.7 Å². The molecule has 5 nitrogen and oxygen atoms in total. The third kappa shape index (κ3) is 4.52. The van der Waals surface area contributed by atoms with Crippen LogP contribution in [0.1, 0.15) is 38.7 Å². The van der Waals surface area contributed by atoms with Crippen molar-refractivity contribution in [2.45, 2.75) is 25.9 Å². The summed E-state index contributed by atoms with van der Waals surface area (Å²) >= 11 is 6.07. The first-order valence-corrected chi connectivity index (χ1v) is 10.4. The maximum absolute atomic E-state index is 12.9. The summed E-state index contributed by atoms with van der Waals surface area (Å²) in [5.41, 5.74) is 7.40. The Morgan fingerprint density at radius 2 is 1.68 bits per heavy atom. The Bertz CT molecular complexity index is 1150. The van der Waals surface area contributed by atoms with Crippen LogP contribution in [0.3, 0.4) is 0 Å². The number of aryl methyl sites for hydroxylation is 2. The molecule has 0 bridgehead atoms. The van der Waals surface area contributed by atoms with E-state index in [0.29, 0.717) is 10.6 Å². The largest absolute Gasteiger partial charge is 0.334 e. The summed E-state index contributed by atoms with van der Waals surface area (Å²) in [6.07, 6.45) is 1.89. The molecule has 2 atom stereocenters. The van der Waals surface area contributed by atoms with E-state index in [9.17, 15) is 9.59 Å². The number of nitrogens with one attached hydrogen (secondary N) is 2. The minimum Gasteiger partial charge on any atom is -0.334 e. The van der Waals surface area contributed by atoms with Gasteiger partial charge in [-0.3, -0.25) is 9.59 Å². The Hall–Kier alpha value is -3.44. The Labute approximate surface area is 186 Å². The smallest absolute Gasteiger partial charge is 0.304 e. The van der Waals surface area contributed by atoms with E-state index in [0.717, 1.165) is 22.3 Å². The van der Waals surface area contributed by atoms with Crippen molar-refractivity contribution in [1.82, 2.24) is 10.7 Å². The van der Waals surface area contributed by atoms with Crippen molar-refractivity contribution in [3.05, 3.63) is 106 Å². The molecule has 1 aliphatic rings. The Morgan fingerprint density at radius 3 is 2.35 bits per heavy atom. The fourth-order valence-electron chi connectivity index (χ4n) is 3.65. The van der Waals surface area contributed by atoms with Crippen molar-refractivity contribution < 1.29 is 14.3 Å². The molecule has 0 radical (unpaired) electrons. The van der Waals surface area contributed by atoms with Gasteiger partial charge in [0.2, 0.25) is 12.3 Å². The number of benzene rings is 3. The third-order valence-electron chi connectivity index (χ3n) is 5.42. The lowest BCUT2D eigenvalue weighted by molar-refractivity contribution is -0.596. The van der Waals surface area contributed by atoms with Gasteiger partial charge in [-0.15, -0.1) is 10.1 Å². The van der Waals surface area contributed by atoms with E-state index in [-0.39, 0.29) is 11.8 Å². The number of amides is 2. The fourth-order valence-corrected chi connectivity index (χ4v) is 3.78. The summed E-state index contributed by atoms with van der Waals surface area (Å²) in [5, 5.41) is 3.52. The molecule has 156 valence electrons. The van der Waals surface area contributed by atoms with Gasteiger partial charge in [0.1, 0.15) is 0 Å². The number of carbonyl (C=O) groups is 2. The first-order valence-electron chi connectivity index (χ1n) is 10.0. The summed E-state index contributed by atoms with van der Waals surface area (Å²) in [6.45, 7) is 3.97. The zero-order valence-corrected chi connectivity index (χ0v) is 18.1. The number of hydrazone groups is 1. The molecule has 0 aromatic heterocycles. The van der Waals surface area contributed by atoms with Crippen molar-refractivity contribution in [1.29, 1.82) is 0 Å². The number of halogens is 1. The van der Waals surface area contributed by atoms with Crippen LogP contribution in [0.5, 0.6) is 0 Å². The summed E-state index contributed by atoms with van der Waals surface area (Å²) in [6, 6.07) is 21.3. The van der Waals surface area contributed by atoms with E-state index in [1.54, 1.807) is 28.9 Å². The lowest BCUT2D eigenvalue weighted by Crippen LogP contribution is -2.42. The van der Waals surface area contributed by atoms with Crippen molar-refractivity contribution in [3.63, 3.8) is 0 Å². The number of carbonyl (C=O) groups excluding carboxylic acids is 2. The molecule has 3 aromatic rings. The van der Waals surface area contributed by atoms with Gasteiger partial charge < -0.3 is 5.32 Å². The number of hydrogen-bond acceptors (Lipinski definition) is 2. The highest BCUT2D eigenvalue weighted by Gasteiger charge is 2.47. The summed E-state index contributed by atoms with van der Waals surface area (Å²) < 4.78 is 1.76. The van der Waals surface area contributed by atoms with Crippen LogP contribution < -0.4 is 10.7 Å². The first-order chi connectivity index (χ1) is 14.9. The molecule has 1 saturated heterocycles. The molecule has 0 aliphatic carbocycles. The molecule has 2 N–H and O–H groups in total. The van der Waals surface area contributed by atoms with Crippen LogP contribution in [-0.2, 0) is 4.79 Å². The number of hydrazine groups is 1. The van der Waals surface area contributed by atoms with Gasteiger partial charge in [-0.25, -0.2) is 0 Å². The number of nitrogens with zero attached hydrogens (tertiary/aromatic N) is 1. The molecule has 1 aliphatic heterocycles. The molecule has 0 unspecified atom stereocenters. The van der Waals surface area contributed by atoms with E-state index in [4.69, 9.17) is 11.6 Å². The van der Waals surface area contributed by atoms with Crippen LogP contribution in [0.2, 0.25) is 5.02 Å². The van der Waals surface area contributed by atoms with Crippen LogP contribution in [0, 0.1) is 13.8 Å². The second-order valence-corrected chi connectivity index (χ2v) is 8.12. The second kappa shape index (κ2) is 8.74. The first kappa shape index (κ1) is 20.8. The van der Waals surface area contributed by atoms with Gasteiger partial charge in [-0.05, 0) is 49.7 Å². The second-order valence-electron chi connectivity index (χ2n) is 7.68. The molecular formula is C25H23ClN3O2+. The van der Waals surface area contributed by atoms with Crippen molar-refractivity contribution in [3.8, 4) is 0 Å². The zero-order chi connectivity index (χ0) is 22.0. The highest BCUT2D eigenvalue weighted by Crippen LogP contribution is 2.27. The highest BCUT2D eigenvalue weighted by molar-refractivity contribution is 6.30. The summed E-state index contributed by atoms with van der Waals surface area (Å²) in [4.78, 5) is 25.8. The third-order valence-corrected chi connectivity index (χ3v) is 5.67. The van der Waals surface area contributed by atoms with Crippen molar-refractivity contribution in [2.24, 2.45) is 0 Å². The summed E-state index contributed by atoms with van der Waals surface area (Å²) in [7, 11) is 0. The minimum absolute atomic E-state index is 0.273. The maximum atomic E-state index is 12.9. The molecule has 31 heavy (non-hydrogen) atoms. The van der Waals surface area contributed by atoms with Gasteiger partial charge in [0.25, 0.3) is 5.91 Å². The standard InChI is InChI=1S/C25H22ClN3O2/c1-16-7-9-19(10-8-16)24(30)27-22-23(18-11-13-21(26)14-12-18)29(28-25(22)31)15-20-6-4-3-5-17(20)2/h3-15,22-23H,1-2H3,(H-,27,28,30,31)/p+1/b29-15-/t22-,23-/m0/s1. The Balaban J connectivity index is 1.71. The normalized spacial score (nSPS) is 19.3. The lowest BCUT2D eigenvalue weighted by Gasteiger charge is -2.15. The van der Waals surface area contributed by atoms with Gasteiger partial charge in [0.15, 0.2) is 6.04 Å². The van der Waals surface area contributed by atoms with Crippen molar-refractivity contribution >= 4 is 29.6 Å². The van der Waals surface area contributed by atoms with Crippen LogP contribution in [0.4, 0.5) is 0 Å². The van der Waals surface area contributed by atoms with E-state index in [1.165, 1.54) is 0 Å². The molecule has 0 saturated carbocycles. The molecular weight excluding hydrogens is 410 g/mol. The monoisotopic (exact) mass is 432 g/mol. The average molecular weight is 433 g/mol. The van der Waals surface area contributed by atoms with Crippen molar-refractivity contribution in [2.75, 3.05) is 0 Å². The SMILES string of the molecule is Cc1ccc(C(=O)N[C@@H]2C(=O)N/[N+](=C\c3ccccc3C)[C@H]2c2ccc(Cl)cc2)cc1. The molecule has 1 fully saturated rings. The van der Waals surface area contributed by atoms with Gasteiger partial charge in [-0.2, -0.15) is 0 Å². The number of rotatable bonds is 4. The molecule has 0 spiro atoms. The fraction of sp³-hybridized carbons (Fsp3) is 0.160. The number of hydrogen-bond donors (Lipinski definition) is 2. The van der Waals surface area contributed by atoms with Gasteiger partial charge in [0, 0.05) is 21.7 Å². The molecule has 2 amide bonds. The van der Waals surface area contributed by atoms with Crippen LogP contribution >= 0.6 is 11.6 Å². The Kier molecular flexibility index (Phi) is 5.87. The Morgan fingerprint density at radius 1 is 1.00 bits per heavy atom. The van der Waals surface area contributed by atoms with Crippen LogP contribution in [0.15, 0.2) is 72.8 Å². The topological polar surface area (TPSA) is 61.2 Å². The molecule has 4 rings (SSSR count). The molecule has 1 heterocycles. The lowest BCUT2D eigenvalue weighted by atomic mass is 9.99. The molecule has 6 heteroatoms. The van der Waals surface area contributed by atoms with E-state index >= 15 is 0 Å². The summed E-state index contributed by atoms with van der Waals surface area (Å²) in [5.74, 6) is -0.567. The van der Waals surface area contributed by atoms with Gasteiger partial charge in [-0.1, -0.05) is 59.6 Å². The predicted molar refractivity (Wildman–Crippen MR) is 121 cm³/mol. The van der Waals surface area contributed by atoms with E-state index in [1.807, 2.05) is 68.6 Å².